The lowest BCUT2D eigenvalue weighted by molar-refractivity contribution is -0.145. The first-order valence-corrected chi connectivity index (χ1v) is 9.26. The van der Waals surface area contributed by atoms with Crippen molar-refractivity contribution in [2.24, 2.45) is 16.8 Å². The van der Waals surface area contributed by atoms with E-state index in [2.05, 4.69) is 41.2 Å². The van der Waals surface area contributed by atoms with Crippen LogP contribution in [-0.4, -0.2) is 57.2 Å². The van der Waals surface area contributed by atoms with Crippen molar-refractivity contribution in [1.29, 1.82) is 0 Å². The first kappa shape index (κ1) is 23.7. The van der Waals surface area contributed by atoms with Gasteiger partial charge in [0.2, 0.25) is 0 Å². The fraction of sp³-hybridized carbons (Fsp3) is 0.600. The van der Waals surface area contributed by atoms with Crippen LogP contribution < -0.4 is 5.32 Å². The molecule has 6 nitrogen and oxygen atoms in total. The number of hydrogen-bond acceptors (Lipinski definition) is 4. The van der Waals surface area contributed by atoms with Gasteiger partial charge < -0.3 is 19.7 Å². The molecule has 1 fully saturated rings. The number of ether oxygens (including phenoxy) is 2. The maximum atomic E-state index is 11.8. The number of methoxy groups -OCH3 is 1. The van der Waals surface area contributed by atoms with Crippen molar-refractivity contribution in [3.8, 4) is 0 Å². The van der Waals surface area contributed by atoms with E-state index in [0.717, 1.165) is 25.5 Å². The van der Waals surface area contributed by atoms with Gasteiger partial charge in [0.15, 0.2) is 5.96 Å². The number of carbonyl (C=O) groups is 1. The number of hydrogen-bond donors (Lipinski definition) is 1. The lowest BCUT2D eigenvalue weighted by Gasteiger charge is -2.21. The van der Waals surface area contributed by atoms with Crippen molar-refractivity contribution in [3.05, 3.63) is 35.9 Å². The van der Waals surface area contributed by atoms with E-state index in [0.29, 0.717) is 13.2 Å². The summed E-state index contributed by atoms with van der Waals surface area (Å²) in [5, 5.41) is 3.37. The molecule has 1 aromatic rings. The average Bonchev–Trinajstić information content (AvgIpc) is 3.06. The Bertz CT molecular complexity index is 597. The van der Waals surface area contributed by atoms with Crippen LogP contribution >= 0.6 is 24.0 Å². The molecule has 27 heavy (non-hydrogen) atoms. The van der Waals surface area contributed by atoms with Gasteiger partial charge in [0.05, 0.1) is 19.1 Å². The molecule has 3 unspecified atom stereocenters. The van der Waals surface area contributed by atoms with Crippen molar-refractivity contribution in [2.75, 3.05) is 40.4 Å². The third kappa shape index (κ3) is 6.95. The molecule has 1 aliphatic heterocycles. The summed E-state index contributed by atoms with van der Waals surface area (Å²) in [7, 11) is 3.22. The molecule has 1 N–H and O–H groups in total. The molecule has 2 rings (SSSR count). The molecule has 1 heterocycles. The minimum absolute atomic E-state index is 0. The number of aliphatic imine (C=N–C) groups is 1. The molecule has 0 saturated carbocycles. The van der Waals surface area contributed by atoms with Crippen LogP contribution in [0.3, 0.4) is 0 Å². The van der Waals surface area contributed by atoms with Crippen molar-refractivity contribution in [1.82, 2.24) is 10.2 Å². The maximum Gasteiger partial charge on any atom is 0.310 e. The molecule has 0 bridgehead atoms. The van der Waals surface area contributed by atoms with Gasteiger partial charge in [-0.15, -0.1) is 24.0 Å². The molecule has 1 saturated heterocycles. The summed E-state index contributed by atoms with van der Waals surface area (Å²) in [4.78, 5) is 18.3. The van der Waals surface area contributed by atoms with Crippen molar-refractivity contribution >= 4 is 35.9 Å². The van der Waals surface area contributed by atoms with Gasteiger partial charge in [0, 0.05) is 33.3 Å². The summed E-state index contributed by atoms with van der Waals surface area (Å²) >= 11 is 0. The number of rotatable bonds is 7. The monoisotopic (exact) mass is 489 g/mol. The molecular formula is C20H32IN3O3. The van der Waals surface area contributed by atoms with Crippen LogP contribution in [-0.2, 0) is 14.3 Å². The Hall–Kier alpha value is -1.35. The summed E-state index contributed by atoms with van der Waals surface area (Å²) in [5.41, 5.74) is 1.19. The van der Waals surface area contributed by atoms with Crippen LogP contribution in [0, 0.1) is 11.8 Å². The SMILES string of the molecule is CN=C(NCCCOC(C)c1ccccc1)N1CC(C)C(C(=O)OC)C1.I. The van der Waals surface area contributed by atoms with Gasteiger partial charge >= 0.3 is 5.97 Å². The smallest absolute Gasteiger partial charge is 0.310 e. The number of nitrogens with zero attached hydrogens (tertiary/aromatic N) is 2. The Balaban J connectivity index is 0.00000364. The van der Waals surface area contributed by atoms with E-state index in [1.54, 1.807) is 7.05 Å². The Morgan fingerprint density at radius 3 is 2.67 bits per heavy atom. The third-order valence-electron chi connectivity index (χ3n) is 4.87. The second kappa shape index (κ2) is 12.2. The zero-order valence-corrected chi connectivity index (χ0v) is 19.0. The van der Waals surface area contributed by atoms with E-state index in [1.807, 2.05) is 18.2 Å². The van der Waals surface area contributed by atoms with E-state index in [9.17, 15) is 4.79 Å². The molecule has 1 aliphatic rings. The van der Waals surface area contributed by atoms with Gasteiger partial charge in [0.25, 0.3) is 0 Å². The zero-order valence-electron chi connectivity index (χ0n) is 16.7. The quantitative estimate of drug-likeness (QED) is 0.210. The van der Waals surface area contributed by atoms with Crippen LogP contribution in [0.4, 0.5) is 0 Å². The van der Waals surface area contributed by atoms with Gasteiger partial charge in [-0.05, 0) is 24.8 Å². The van der Waals surface area contributed by atoms with Crippen LogP contribution in [0.25, 0.3) is 0 Å². The van der Waals surface area contributed by atoms with E-state index in [-0.39, 0.29) is 47.9 Å². The number of likely N-dealkylation sites (tertiary alicyclic amines) is 1. The molecule has 0 radical (unpaired) electrons. The Morgan fingerprint density at radius 2 is 2.04 bits per heavy atom. The Labute approximate surface area is 179 Å². The van der Waals surface area contributed by atoms with Gasteiger partial charge in [-0.25, -0.2) is 0 Å². The lowest BCUT2D eigenvalue weighted by atomic mass is 9.99. The summed E-state index contributed by atoms with van der Waals surface area (Å²) in [6.07, 6.45) is 0.982. The zero-order chi connectivity index (χ0) is 18.9. The third-order valence-corrected chi connectivity index (χ3v) is 4.87. The molecule has 1 aromatic carbocycles. The predicted molar refractivity (Wildman–Crippen MR) is 118 cm³/mol. The Kier molecular flexibility index (Phi) is 10.7. The molecule has 7 heteroatoms. The number of esters is 1. The van der Waals surface area contributed by atoms with Gasteiger partial charge in [-0.1, -0.05) is 37.3 Å². The first-order valence-electron chi connectivity index (χ1n) is 9.26. The number of guanidine groups is 1. The minimum Gasteiger partial charge on any atom is -0.469 e. The van der Waals surface area contributed by atoms with E-state index < -0.39 is 0 Å². The number of benzene rings is 1. The van der Waals surface area contributed by atoms with Gasteiger partial charge in [-0.3, -0.25) is 9.79 Å². The number of carbonyl (C=O) groups excluding carboxylic acids is 1. The summed E-state index contributed by atoms with van der Waals surface area (Å²) in [6, 6.07) is 10.2. The molecule has 3 atom stereocenters. The van der Waals surface area contributed by atoms with E-state index in [1.165, 1.54) is 12.7 Å². The lowest BCUT2D eigenvalue weighted by Crippen LogP contribution is -2.41. The highest BCUT2D eigenvalue weighted by molar-refractivity contribution is 14.0. The molecule has 0 amide bonds. The first-order chi connectivity index (χ1) is 12.6. The van der Waals surface area contributed by atoms with Gasteiger partial charge in [-0.2, -0.15) is 0 Å². The van der Waals surface area contributed by atoms with Crippen molar-refractivity contribution in [2.45, 2.75) is 26.4 Å². The highest BCUT2D eigenvalue weighted by Gasteiger charge is 2.36. The normalized spacial score (nSPS) is 20.7. The summed E-state index contributed by atoms with van der Waals surface area (Å²) in [6.45, 7) is 7.06. The number of nitrogens with one attached hydrogen (secondary N) is 1. The predicted octanol–water partition coefficient (Wildman–Crippen LogP) is 3.09. The van der Waals surface area contributed by atoms with Crippen LogP contribution in [0.2, 0.25) is 0 Å². The molecule has 0 aliphatic carbocycles. The van der Waals surface area contributed by atoms with E-state index >= 15 is 0 Å². The average molecular weight is 489 g/mol. The standard InChI is InChI=1S/C20H31N3O3.HI/c1-15-13-23(14-18(15)19(24)25-4)20(21-3)22-11-8-12-26-16(2)17-9-6-5-7-10-17;/h5-7,9-10,15-16,18H,8,11-14H2,1-4H3,(H,21,22);1H. The highest BCUT2D eigenvalue weighted by Crippen LogP contribution is 2.24. The Morgan fingerprint density at radius 1 is 1.33 bits per heavy atom. The highest BCUT2D eigenvalue weighted by atomic mass is 127. The van der Waals surface area contributed by atoms with Crippen LogP contribution in [0.1, 0.15) is 31.9 Å². The van der Waals surface area contributed by atoms with Crippen molar-refractivity contribution < 1.29 is 14.3 Å². The largest absolute Gasteiger partial charge is 0.469 e. The summed E-state index contributed by atoms with van der Waals surface area (Å²) in [5.74, 6) is 0.864. The second-order valence-electron chi connectivity index (χ2n) is 6.76. The minimum atomic E-state index is -0.140. The van der Waals surface area contributed by atoms with Crippen molar-refractivity contribution in [3.63, 3.8) is 0 Å². The van der Waals surface area contributed by atoms with Crippen LogP contribution in [0.15, 0.2) is 35.3 Å². The topological polar surface area (TPSA) is 63.2 Å². The molecular weight excluding hydrogens is 457 g/mol. The fourth-order valence-corrected chi connectivity index (χ4v) is 3.28. The molecule has 0 spiro atoms. The maximum absolute atomic E-state index is 11.8. The van der Waals surface area contributed by atoms with E-state index in [4.69, 9.17) is 9.47 Å². The second-order valence-corrected chi connectivity index (χ2v) is 6.76. The molecule has 152 valence electrons. The molecule has 0 aromatic heterocycles. The van der Waals surface area contributed by atoms with Crippen LogP contribution in [0.5, 0.6) is 0 Å². The fourth-order valence-electron chi connectivity index (χ4n) is 3.28. The van der Waals surface area contributed by atoms with Gasteiger partial charge in [0.1, 0.15) is 0 Å². The summed E-state index contributed by atoms with van der Waals surface area (Å²) < 4.78 is 10.8. The number of halogens is 1.